The van der Waals surface area contributed by atoms with Gasteiger partial charge in [0.1, 0.15) is 5.75 Å². The maximum atomic E-state index is 12.0. The van der Waals surface area contributed by atoms with E-state index in [1.165, 1.54) is 0 Å². The number of nitrogens with zero attached hydrogens (tertiary/aromatic N) is 1. The first-order valence-electron chi connectivity index (χ1n) is 6.47. The van der Waals surface area contributed by atoms with E-state index >= 15 is 0 Å². The summed E-state index contributed by atoms with van der Waals surface area (Å²) in [5.74, 6) is 1.13. The summed E-state index contributed by atoms with van der Waals surface area (Å²) in [5, 5.41) is 3.56. The molecule has 96 valence electrons. The Morgan fingerprint density at radius 1 is 1.33 bits per heavy atom. The molecule has 0 spiro atoms. The average molecular weight is 246 g/mol. The molecule has 1 amide bonds. The minimum absolute atomic E-state index is 0.141. The molecule has 2 atom stereocenters. The molecule has 1 unspecified atom stereocenters. The minimum Gasteiger partial charge on any atom is -0.497 e. The molecule has 4 nitrogen and oxygen atoms in total. The Morgan fingerprint density at radius 3 is 2.83 bits per heavy atom. The van der Waals surface area contributed by atoms with Gasteiger partial charge >= 0.3 is 0 Å². The minimum atomic E-state index is 0.141. The molecule has 2 heterocycles. The van der Waals surface area contributed by atoms with Crippen LogP contribution in [-0.2, 0) is 4.79 Å². The van der Waals surface area contributed by atoms with Crippen molar-refractivity contribution in [1.29, 1.82) is 0 Å². The molecule has 2 saturated heterocycles. The van der Waals surface area contributed by atoms with Crippen LogP contribution in [0.15, 0.2) is 24.3 Å². The largest absolute Gasteiger partial charge is 0.497 e. The van der Waals surface area contributed by atoms with Gasteiger partial charge in [0, 0.05) is 19.0 Å². The van der Waals surface area contributed by atoms with Gasteiger partial charge in [-0.3, -0.25) is 10.1 Å². The lowest BCUT2D eigenvalue weighted by atomic mass is 10.00. The summed E-state index contributed by atoms with van der Waals surface area (Å²) in [4.78, 5) is 14.0. The van der Waals surface area contributed by atoms with Crippen molar-refractivity contribution >= 4 is 5.91 Å². The van der Waals surface area contributed by atoms with E-state index in [0.29, 0.717) is 6.42 Å². The monoisotopic (exact) mass is 246 g/mol. The zero-order valence-electron chi connectivity index (χ0n) is 10.6. The fourth-order valence-electron chi connectivity index (χ4n) is 2.87. The van der Waals surface area contributed by atoms with E-state index in [1.54, 1.807) is 7.11 Å². The van der Waals surface area contributed by atoms with Gasteiger partial charge in [-0.15, -0.1) is 0 Å². The molecule has 0 bridgehead atoms. The molecule has 0 aromatic heterocycles. The third-order valence-corrected chi connectivity index (χ3v) is 3.86. The second kappa shape index (κ2) is 4.61. The van der Waals surface area contributed by atoms with Crippen molar-refractivity contribution in [2.45, 2.75) is 31.5 Å². The molecule has 1 N–H and O–H groups in total. The van der Waals surface area contributed by atoms with Crippen LogP contribution in [-0.4, -0.2) is 30.6 Å². The molecule has 1 aromatic rings. The van der Waals surface area contributed by atoms with E-state index in [9.17, 15) is 4.79 Å². The van der Waals surface area contributed by atoms with E-state index in [-0.39, 0.29) is 18.1 Å². The molecule has 2 fully saturated rings. The van der Waals surface area contributed by atoms with Crippen molar-refractivity contribution in [2.24, 2.45) is 0 Å². The Morgan fingerprint density at radius 2 is 2.11 bits per heavy atom. The number of rotatable bonds is 2. The van der Waals surface area contributed by atoms with Crippen LogP contribution in [0.3, 0.4) is 0 Å². The molecule has 2 aliphatic rings. The topological polar surface area (TPSA) is 41.6 Å². The summed E-state index contributed by atoms with van der Waals surface area (Å²) in [6, 6.07) is 8.11. The van der Waals surface area contributed by atoms with Gasteiger partial charge in [-0.1, -0.05) is 12.1 Å². The van der Waals surface area contributed by atoms with Gasteiger partial charge in [0.05, 0.1) is 13.3 Å². The number of nitrogens with one attached hydrogen (secondary N) is 1. The third kappa shape index (κ3) is 1.97. The number of hydrogen-bond acceptors (Lipinski definition) is 3. The maximum Gasteiger partial charge on any atom is 0.225 e. The standard InChI is InChI=1S/C14H18N2O2/c1-18-11-6-4-10(5-7-11)12-9-14(17)16-8-2-3-13(16)15-12/h4-7,12-13,15H,2-3,8-9H2,1H3/t12-,13?/m1/s1. The third-order valence-electron chi connectivity index (χ3n) is 3.86. The van der Waals surface area contributed by atoms with Crippen LogP contribution < -0.4 is 10.1 Å². The summed E-state index contributed by atoms with van der Waals surface area (Å²) < 4.78 is 5.15. The summed E-state index contributed by atoms with van der Waals surface area (Å²) in [6.07, 6.45) is 2.97. The quantitative estimate of drug-likeness (QED) is 0.863. The van der Waals surface area contributed by atoms with E-state index < -0.39 is 0 Å². The summed E-state index contributed by atoms with van der Waals surface area (Å²) in [7, 11) is 1.66. The van der Waals surface area contributed by atoms with Gasteiger partial charge in [0.15, 0.2) is 0 Å². The molecule has 1 aromatic carbocycles. The number of carbonyl (C=O) groups excluding carboxylic acids is 1. The fourth-order valence-corrected chi connectivity index (χ4v) is 2.87. The zero-order chi connectivity index (χ0) is 12.5. The molecule has 2 aliphatic heterocycles. The molecule has 0 saturated carbocycles. The number of methoxy groups -OCH3 is 1. The van der Waals surface area contributed by atoms with Crippen molar-refractivity contribution in [3.05, 3.63) is 29.8 Å². The van der Waals surface area contributed by atoms with Crippen molar-refractivity contribution in [3.8, 4) is 5.75 Å². The number of carbonyl (C=O) groups is 1. The lowest BCUT2D eigenvalue weighted by molar-refractivity contribution is -0.136. The van der Waals surface area contributed by atoms with Crippen molar-refractivity contribution < 1.29 is 9.53 Å². The van der Waals surface area contributed by atoms with Crippen molar-refractivity contribution in [2.75, 3.05) is 13.7 Å². The summed E-state index contributed by atoms with van der Waals surface area (Å²) >= 11 is 0. The van der Waals surface area contributed by atoms with Crippen molar-refractivity contribution in [1.82, 2.24) is 10.2 Å². The highest BCUT2D eigenvalue weighted by atomic mass is 16.5. The lowest BCUT2D eigenvalue weighted by Gasteiger charge is -2.36. The van der Waals surface area contributed by atoms with Crippen LogP contribution in [0.5, 0.6) is 5.75 Å². The highest BCUT2D eigenvalue weighted by molar-refractivity contribution is 5.78. The smallest absolute Gasteiger partial charge is 0.225 e. The maximum absolute atomic E-state index is 12.0. The van der Waals surface area contributed by atoms with E-state index in [0.717, 1.165) is 30.7 Å². The SMILES string of the molecule is COc1ccc([C@H]2CC(=O)N3CCCC3N2)cc1. The Balaban J connectivity index is 1.77. The van der Waals surface area contributed by atoms with Gasteiger partial charge < -0.3 is 9.64 Å². The van der Waals surface area contributed by atoms with Gasteiger partial charge in [-0.05, 0) is 30.5 Å². The Bertz CT molecular complexity index is 444. The van der Waals surface area contributed by atoms with Crippen LogP contribution in [0.2, 0.25) is 0 Å². The molecular formula is C14H18N2O2. The molecule has 0 radical (unpaired) electrons. The molecule has 18 heavy (non-hydrogen) atoms. The van der Waals surface area contributed by atoms with E-state index in [1.807, 2.05) is 29.2 Å². The number of fused-ring (bicyclic) bond motifs is 1. The molecule has 3 rings (SSSR count). The van der Waals surface area contributed by atoms with E-state index in [4.69, 9.17) is 4.74 Å². The Kier molecular flexibility index (Phi) is 2.96. The first-order chi connectivity index (χ1) is 8.78. The summed E-state index contributed by atoms with van der Waals surface area (Å²) in [5.41, 5.74) is 1.16. The molecular weight excluding hydrogens is 228 g/mol. The number of amides is 1. The average Bonchev–Trinajstić information content (AvgIpc) is 2.88. The van der Waals surface area contributed by atoms with Gasteiger partial charge in [-0.25, -0.2) is 0 Å². The zero-order valence-corrected chi connectivity index (χ0v) is 10.6. The second-order valence-corrected chi connectivity index (χ2v) is 4.94. The first-order valence-corrected chi connectivity index (χ1v) is 6.47. The number of benzene rings is 1. The number of ether oxygens (including phenoxy) is 1. The number of hydrogen-bond donors (Lipinski definition) is 1. The first kappa shape index (κ1) is 11.5. The van der Waals surface area contributed by atoms with Crippen LogP contribution in [0.25, 0.3) is 0 Å². The summed E-state index contributed by atoms with van der Waals surface area (Å²) in [6.45, 7) is 0.909. The van der Waals surface area contributed by atoms with Crippen molar-refractivity contribution in [3.63, 3.8) is 0 Å². The second-order valence-electron chi connectivity index (χ2n) is 4.94. The molecule has 0 aliphatic carbocycles. The lowest BCUT2D eigenvalue weighted by Crippen LogP contribution is -2.51. The molecule has 4 heteroatoms. The fraction of sp³-hybridized carbons (Fsp3) is 0.500. The normalized spacial score (nSPS) is 27.2. The van der Waals surface area contributed by atoms with Crippen LogP contribution in [0.1, 0.15) is 30.9 Å². The predicted octanol–water partition coefficient (Wildman–Crippen LogP) is 1.68. The Labute approximate surface area is 107 Å². The Hall–Kier alpha value is -1.55. The van der Waals surface area contributed by atoms with Gasteiger partial charge in [0.25, 0.3) is 0 Å². The highest BCUT2D eigenvalue weighted by Crippen LogP contribution is 2.29. The van der Waals surface area contributed by atoms with E-state index in [2.05, 4.69) is 5.32 Å². The van der Waals surface area contributed by atoms with Crippen LogP contribution in [0, 0.1) is 0 Å². The van der Waals surface area contributed by atoms with Crippen LogP contribution >= 0.6 is 0 Å². The predicted molar refractivity (Wildman–Crippen MR) is 68.2 cm³/mol. The van der Waals surface area contributed by atoms with Crippen LogP contribution in [0.4, 0.5) is 0 Å². The highest BCUT2D eigenvalue weighted by Gasteiger charge is 2.36. The van der Waals surface area contributed by atoms with Gasteiger partial charge in [0.2, 0.25) is 5.91 Å². The van der Waals surface area contributed by atoms with Gasteiger partial charge in [-0.2, -0.15) is 0 Å².